The van der Waals surface area contributed by atoms with Crippen LogP contribution < -0.4 is 10.2 Å². The molecule has 0 amide bonds. The van der Waals surface area contributed by atoms with E-state index in [-0.39, 0.29) is 10.6 Å². The van der Waals surface area contributed by atoms with Crippen LogP contribution in [0.25, 0.3) is 0 Å². The molecule has 0 aromatic carbocycles. The van der Waals surface area contributed by atoms with Gasteiger partial charge in [0.25, 0.3) is 0 Å². The maximum atomic E-state index is 11.1. The van der Waals surface area contributed by atoms with Crippen molar-refractivity contribution in [2.24, 2.45) is 0 Å². The van der Waals surface area contributed by atoms with E-state index >= 15 is 0 Å². The molecule has 0 spiro atoms. The molecule has 2 rings (SSSR count). The summed E-state index contributed by atoms with van der Waals surface area (Å²) in [5.41, 5.74) is 0.0835. The van der Waals surface area contributed by atoms with Gasteiger partial charge in [-0.05, 0) is 32.4 Å². The highest BCUT2D eigenvalue weighted by atomic mass is 16.6. The molecule has 104 valence electrons. The molecule has 1 aromatic rings. The summed E-state index contributed by atoms with van der Waals surface area (Å²) in [7, 11) is 0. The van der Waals surface area contributed by atoms with Gasteiger partial charge in [-0.25, -0.2) is 4.98 Å². The minimum atomic E-state index is -0.362. The van der Waals surface area contributed by atoms with Crippen LogP contribution in [0.2, 0.25) is 0 Å². The number of nitro groups is 1. The average Bonchev–Trinajstić information content (AvgIpc) is 2.46. The lowest BCUT2D eigenvalue weighted by Crippen LogP contribution is -2.44. The van der Waals surface area contributed by atoms with Crippen LogP contribution in [0.5, 0.6) is 0 Å². The Kier molecular flexibility index (Phi) is 4.68. The van der Waals surface area contributed by atoms with E-state index in [0.717, 1.165) is 26.1 Å². The molecule has 6 heteroatoms. The second kappa shape index (κ2) is 6.47. The average molecular weight is 264 g/mol. The smallest absolute Gasteiger partial charge is 0.311 e. The minimum absolute atomic E-state index is 0.0835. The fraction of sp³-hybridized carbons (Fsp3) is 0.615. The molecule has 0 bridgehead atoms. The van der Waals surface area contributed by atoms with E-state index in [2.05, 4.69) is 10.3 Å². The van der Waals surface area contributed by atoms with Crippen molar-refractivity contribution in [2.75, 3.05) is 24.5 Å². The van der Waals surface area contributed by atoms with Crippen LogP contribution in [-0.2, 0) is 0 Å². The predicted molar refractivity (Wildman–Crippen MR) is 74.4 cm³/mol. The van der Waals surface area contributed by atoms with E-state index in [1.165, 1.54) is 18.9 Å². The van der Waals surface area contributed by atoms with E-state index in [4.69, 9.17) is 0 Å². The Hall–Kier alpha value is -1.69. The van der Waals surface area contributed by atoms with Gasteiger partial charge in [0.15, 0.2) is 0 Å². The van der Waals surface area contributed by atoms with Crippen molar-refractivity contribution in [3.05, 3.63) is 28.4 Å². The maximum absolute atomic E-state index is 11.1. The highest BCUT2D eigenvalue weighted by Crippen LogP contribution is 2.25. The zero-order chi connectivity index (χ0) is 13.7. The molecule has 1 aliphatic rings. The zero-order valence-electron chi connectivity index (χ0n) is 11.2. The second-order valence-corrected chi connectivity index (χ2v) is 4.79. The molecule has 1 aliphatic heterocycles. The predicted octanol–water partition coefficient (Wildman–Crippen LogP) is 1.96. The molecule has 0 saturated carbocycles. The van der Waals surface area contributed by atoms with Crippen molar-refractivity contribution in [3.63, 3.8) is 0 Å². The largest absolute Gasteiger partial charge is 0.350 e. The van der Waals surface area contributed by atoms with E-state index < -0.39 is 0 Å². The Morgan fingerprint density at radius 1 is 1.58 bits per heavy atom. The molecule has 0 radical (unpaired) electrons. The maximum Gasteiger partial charge on any atom is 0.311 e. The van der Waals surface area contributed by atoms with Gasteiger partial charge in [0.2, 0.25) is 5.82 Å². The van der Waals surface area contributed by atoms with Gasteiger partial charge in [-0.1, -0.05) is 6.42 Å². The van der Waals surface area contributed by atoms with Crippen molar-refractivity contribution in [1.82, 2.24) is 10.3 Å². The lowest BCUT2D eigenvalue weighted by Gasteiger charge is -2.30. The number of nitrogens with one attached hydrogen (secondary N) is 1. The number of rotatable bonds is 5. The molecule has 1 aromatic heterocycles. The van der Waals surface area contributed by atoms with Gasteiger partial charge in [0.1, 0.15) is 0 Å². The molecule has 1 N–H and O–H groups in total. The van der Waals surface area contributed by atoms with Crippen LogP contribution in [0.15, 0.2) is 18.3 Å². The third kappa shape index (κ3) is 3.41. The lowest BCUT2D eigenvalue weighted by molar-refractivity contribution is -0.384. The van der Waals surface area contributed by atoms with Crippen molar-refractivity contribution < 1.29 is 4.92 Å². The molecule has 1 saturated heterocycles. The number of piperidine rings is 1. The van der Waals surface area contributed by atoms with Crippen molar-refractivity contribution in [1.29, 1.82) is 0 Å². The quantitative estimate of drug-likeness (QED) is 0.650. The molecule has 1 fully saturated rings. The lowest BCUT2D eigenvalue weighted by atomic mass is 10.0. The van der Waals surface area contributed by atoms with Gasteiger partial charge in [-0.2, -0.15) is 0 Å². The summed E-state index contributed by atoms with van der Waals surface area (Å²) in [6.07, 6.45) is 5.17. The fourth-order valence-corrected chi connectivity index (χ4v) is 2.49. The van der Waals surface area contributed by atoms with Crippen molar-refractivity contribution in [3.8, 4) is 0 Å². The summed E-state index contributed by atoms with van der Waals surface area (Å²) in [6.45, 7) is 4.53. The fourth-order valence-electron chi connectivity index (χ4n) is 2.49. The number of anilines is 1. The SMILES string of the molecule is CCN(CC1CCCCN1)c1ncccc1[N+](=O)[O-]. The standard InChI is InChI=1S/C13H20N4O2/c1-2-16(10-11-6-3-4-8-14-11)13-12(17(18)19)7-5-9-15-13/h5,7,9,11,14H,2-4,6,8,10H2,1H3. The third-order valence-corrected chi connectivity index (χ3v) is 3.50. The van der Waals surface area contributed by atoms with E-state index in [1.807, 2.05) is 11.8 Å². The van der Waals surface area contributed by atoms with Crippen LogP contribution in [0, 0.1) is 10.1 Å². The summed E-state index contributed by atoms with van der Waals surface area (Å²) < 4.78 is 0. The molecule has 1 unspecified atom stereocenters. The molecule has 1 atom stereocenters. The Morgan fingerprint density at radius 2 is 2.42 bits per heavy atom. The highest BCUT2D eigenvalue weighted by Gasteiger charge is 2.22. The van der Waals surface area contributed by atoms with Gasteiger partial charge in [-0.15, -0.1) is 0 Å². The Balaban J connectivity index is 2.14. The zero-order valence-corrected chi connectivity index (χ0v) is 11.2. The summed E-state index contributed by atoms with van der Waals surface area (Å²) in [5.74, 6) is 0.474. The van der Waals surface area contributed by atoms with Gasteiger partial charge >= 0.3 is 5.69 Å². The van der Waals surface area contributed by atoms with Gasteiger partial charge in [0.05, 0.1) is 4.92 Å². The van der Waals surface area contributed by atoms with Gasteiger partial charge in [0, 0.05) is 31.4 Å². The van der Waals surface area contributed by atoms with Gasteiger partial charge < -0.3 is 10.2 Å². The van der Waals surface area contributed by atoms with Gasteiger partial charge in [-0.3, -0.25) is 10.1 Å². The molecular formula is C13H20N4O2. The van der Waals surface area contributed by atoms with E-state index in [0.29, 0.717) is 11.9 Å². The first-order valence-electron chi connectivity index (χ1n) is 6.80. The van der Waals surface area contributed by atoms with Crippen molar-refractivity contribution >= 4 is 11.5 Å². The molecule has 2 heterocycles. The van der Waals surface area contributed by atoms with Crippen LogP contribution >= 0.6 is 0 Å². The van der Waals surface area contributed by atoms with E-state index in [9.17, 15) is 10.1 Å². The summed E-state index contributed by atoms with van der Waals surface area (Å²) in [4.78, 5) is 16.9. The number of hydrogen-bond acceptors (Lipinski definition) is 5. The minimum Gasteiger partial charge on any atom is -0.350 e. The van der Waals surface area contributed by atoms with Crippen LogP contribution in [-0.4, -0.2) is 35.6 Å². The number of likely N-dealkylation sites (N-methyl/N-ethyl adjacent to an activating group) is 1. The Bertz CT molecular complexity index is 432. The summed E-state index contributed by atoms with van der Waals surface area (Å²) >= 11 is 0. The summed E-state index contributed by atoms with van der Waals surface area (Å²) in [6, 6.07) is 3.52. The van der Waals surface area contributed by atoms with Crippen molar-refractivity contribution in [2.45, 2.75) is 32.2 Å². The first kappa shape index (κ1) is 13.7. The van der Waals surface area contributed by atoms with Crippen LogP contribution in [0.3, 0.4) is 0 Å². The monoisotopic (exact) mass is 264 g/mol. The molecule has 19 heavy (non-hydrogen) atoms. The normalized spacial score (nSPS) is 19.1. The number of nitrogens with zero attached hydrogens (tertiary/aromatic N) is 3. The molecule has 0 aliphatic carbocycles. The van der Waals surface area contributed by atoms with Crippen LogP contribution in [0.1, 0.15) is 26.2 Å². The topological polar surface area (TPSA) is 71.3 Å². The number of hydrogen-bond donors (Lipinski definition) is 1. The highest BCUT2D eigenvalue weighted by molar-refractivity contribution is 5.57. The Labute approximate surface area is 113 Å². The first-order chi connectivity index (χ1) is 9.22. The van der Waals surface area contributed by atoms with Crippen LogP contribution in [0.4, 0.5) is 11.5 Å². The Morgan fingerprint density at radius 3 is 3.05 bits per heavy atom. The first-order valence-corrected chi connectivity index (χ1v) is 6.80. The molecule has 6 nitrogen and oxygen atoms in total. The molecular weight excluding hydrogens is 244 g/mol. The second-order valence-electron chi connectivity index (χ2n) is 4.79. The van der Waals surface area contributed by atoms with E-state index in [1.54, 1.807) is 12.3 Å². The number of aromatic nitrogens is 1. The summed E-state index contributed by atoms with van der Waals surface area (Å²) in [5, 5.41) is 14.5. The third-order valence-electron chi connectivity index (χ3n) is 3.50. The number of pyridine rings is 1.